The fourth-order valence-electron chi connectivity index (χ4n) is 1.81. The summed E-state index contributed by atoms with van der Waals surface area (Å²) in [5, 5.41) is 12.1. The molecule has 116 valence electrons. The van der Waals surface area contributed by atoms with Gasteiger partial charge in [-0.05, 0) is 32.0 Å². The molecule has 0 heterocycles. The van der Waals surface area contributed by atoms with Crippen molar-refractivity contribution in [1.29, 1.82) is 0 Å². The van der Waals surface area contributed by atoms with Crippen LogP contribution in [0.2, 0.25) is 5.02 Å². The van der Waals surface area contributed by atoms with E-state index in [1.165, 1.54) is 13.2 Å². The van der Waals surface area contributed by atoms with Crippen molar-refractivity contribution in [1.82, 2.24) is 5.32 Å². The molecule has 0 aliphatic carbocycles. The second-order valence-electron chi connectivity index (χ2n) is 5.21. The lowest BCUT2D eigenvalue weighted by molar-refractivity contribution is -0.135. The minimum Gasteiger partial charge on any atom is -0.480 e. The Morgan fingerprint density at radius 1 is 1.43 bits per heavy atom. The molecule has 2 amide bonds. The monoisotopic (exact) mass is 314 g/mol. The average molecular weight is 315 g/mol. The number of carboxylic acid groups (broad SMARTS) is 1. The van der Waals surface area contributed by atoms with E-state index in [0.29, 0.717) is 17.3 Å². The molecule has 0 fully saturated rings. The summed E-state index contributed by atoms with van der Waals surface area (Å²) >= 11 is 5.89. The van der Waals surface area contributed by atoms with E-state index >= 15 is 0 Å². The van der Waals surface area contributed by atoms with Crippen LogP contribution in [0.5, 0.6) is 0 Å². The lowest BCUT2D eigenvalue weighted by Gasteiger charge is -2.29. The van der Waals surface area contributed by atoms with Crippen molar-refractivity contribution in [2.45, 2.75) is 19.4 Å². The molecule has 0 aromatic heterocycles. The molecule has 1 rings (SSSR count). The average Bonchev–Trinajstić information content (AvgIpc) is 2.34. The van der Waals surface area contributed by atoms with Gasteiger partial charge in [0.25, 0.3) is 0 Å². The largest absolute Gasteiger partial charge is 0.480 e. The van der Waals surface area contributed by atoms with Gasteiger partial charge in [0.15, 0.2) is 0 Å². The summed E-state index contributed by atoms with van der Waals surface area (Å²) in [6.45, 7) is 3.40. The Labute approximate surface area is 128 Å². The van der Waals surface area contributed by atoms with E-state index in [0.717, 1.165) is 4.90 Å². The van der Waals surface area contributed by atoms with Crippen LogP contribution in [0.25, 0.3) is 0 Å². The van der Waals surface area contributed by atoms with Crippen LogP contribution in [0.3, 0.4) is 0 Å². The fraction of sp³-hybridized carbons (Fsp3) is 0.429. The first-order chi connectivity index (χ1) is 9.75. The Kier molecular flexibility index (Phi) is 5.99. The lowest BCUT2D eigenvalue weighted by atomic mass is 10.1. The summed E-state index contributed by atoms with van der Waals surface area (Å²) in [7, 11) is 1.53. The van der Waals surface area contributed by atoms with Crippen LogP contribution in [0.4, 0.5) is 10.5 Å². The van der Waals surface area contributed by atoms with Crippen molar-refractivity contribution < 1.29 is 19.4 Å². The van der Waals surface area contributed by atoms with Gasteiger partial charge in [-0.3, -0.25) is 9.69 Å². The van der Waals surface area contributed by atoms with Crippen LogP contribution in [0, 0.1) is 0 Å². The molecule has 1 aromatic carbocycles. The molecule has 0 radical (unpaired) electrons. The summed E-state index contributed by atoms with van der Waals surface area (Å²) in [4.78, 5) is 24.4. The Hall–Kier alpha value is -1.79. The van der Waals surface area contributed by atoms with Gasteiger partial charge in [0, 0.05) is 17.8 Å². The molecule has 0 aliphatic heterocycles. The third-order valence-corrected chi connectivity index (χ3v) is 2.84. The maximum Gasteiger partial charge on any atom is 0.323 e. The highest BCUT2D eigenvalue weighted by atomic mass is 35.5. The van der Waals surface area contributed by atoms with Crippen molar-refractivity contribution >= 4 is 29.3 Å². The zero-order valence-corrected chi connectivity index (χ0v) is 13.0. The van der Waals surface area contributed by atoms with E-state index < -0.39 is 24.1 Å². The van der Waals surface area contributed by atoms with Gasteiger partial charge in [-0.15, -0.1) is 0 Å². The number of urea groups is 1. The van der Waals surface area contributed by atoms with Crippen LogP contribution >= 0.6 is 11.6 Å². The molecule has 0 spiro atoms. The molecule has 0 aliphatic rings. The molecular weight excluding hydrogens is 296 g/mol. The van der Waals surface area contributed by atoms with Crippen LogP contribution in [0.15, 0.2) is 24.3 Å². The number of hydrogen-bond acceptors (Lipinski definition) is 3. The van der Waals surface area contributed by atoms with Gasteiger partial charge < -0.3 is 15.2 Å². The number of ether oxygens (including phenoxy) is 1. The number of methoxy groups -OCH3 is 1. The van der Waals surface area contributed by atoms with Gasteiger partial charge in [-0.1, -0.05) is 17.7 Å². The quantitative estimate of drug-likeness (QED) is 0.845. The van der Waals surface area contributed by atoms with E-state index in [2.05, 4.69) is 5.32 Å². The van der Waals surface area contributed by atoms with Gasteiger partial charge in [0.1, 0.15) is 6.54 Å². The molecule has 0 saturated heterocycles. The van der Waals surface area contributed by atoms with Gasteiger partial charge >= 0.3 is 12.0 Å². The van der Waals surface area contributed by atoms with Gasteiger partial charge in [0.05, 0.1) is 12.1 Å². The van der Waals surface area contributed by atoms with Crippen molar-refractivity contribution in [3.05, 3.63) is 29.3 Å². The number of carbonyl (C=O) groups is 2. The van der Waals surface area contributed by atoms with Gasteiger partial charge in [0.2, 0.25) is 0 Å². The summed E-state index contributed by atoms with van der Waals surface area (Å²) in [6.07, 6.45) is 0. The predicted octanol–water partition coefficient (Wildman–Crippen LogP) is 2.37. The molecule has 6 nitrogen and oxygen atoms in total. The number of benzene rings is 1. The normalized spacial score (nSPS) is 11.0. The first-order valence-electron chi connectivity index (χ1n) is 6.31. The maximum absolute atomic E-state index is 12.3. The first kappa shape index (κ1) is 17.3. The summed E-state index contributed by atoms with van der Waals surface area (Å²) in [5.41, 5.74) is -0.211. The molecule has 0 bridgehead atoms. The van der Waals surface area contributed by atoms with Gasteiger partial charge in [-0.25, -0.2) is 4.79 Å². The number of carboxylic acids is 1. The third kappa shape index (κ3) is 5.61. The standard InChI is InChI=1S/C14H19ClN2O4/c1-14(2,9-21-3)16-13(20)17(8-12(18)19)11-6-4-5-10(15)7-11/h4-7H,8-9H2,1-3H3,(H,16,20)(H,18,19). The number of nitrogens with zero attached hydrogens (tertiary/aromatic N) is 1. The second kappa shape index (κ2) is 7.28. The predicted molar refractivity (Wildman–Crippen MR) is 80.9 cm³/mol. The summed E-state index contributed by atoms with van der Waals surface area (Å²) in [5.74, 6) is -1.12. The molecule has 0 unspecified atom stereocenters. The Morgan fingerprint density at radius 2 is 2.10 bits per heavy atom. The molecule has 21 heavy (non-hydrogen) atoms. The number of anilines is 1. The number of hydrogen-bond donors (Lipinski definition) is 2. The molecule has 2 N–H and O–H groups in total. The SMILES string of the molecule is COCC(C)(C)NC(=O)N(CC(=O)O)c1cccc(Cl)c1. The van der Waals surface area contributed by atoms with Crippen LogP contribution in [-0.4, -0.2) is 42.9 Å². The van der Waals surface area contributed by atoms with Crippen LogP contribution in [0.1, 0.15) is 13.8 Å². The number of carbonyl (C=O) groups excluding carboxylic acids is 1. The topological polar surface area (TPSA) is 78.9 Å². The number of rotatable bonds is 6. The van der Waals surface area contributed by atoms with E-state index in [1.54, 1.807) is 32.0 Å². The van der Waals surface area contributed by atoms with Crippen molar-refractivity contribution in [3.8, 4) is 0 Å². The molecule has 1 aromatic rings. The van der Waals surface area contributed by atoms with Crippen LogP contribution in [-0.2, 0) is 9.53 Å². The number of amides is 2. The van der Waals surface area contributed by atoms with Gasteiger partial charge in [-0.2, -0.15) is 0 Å². The van der Waals surface area contributed by atoms with E-state index in [1.807, 2.05) is 0 Å². The number of halogens is 1. The van der Waals surface area contributed by atoms with Crippen molar-refractivity contribution in [2.24, 2.45) is 0 Å². The summed E-state index contributed by atoms with van der Waals surface area (Å²) < 4.78 is 5.02. The van der Waals surface area contributed by atoms with E-state index in [4.69, 9.17) is 21.4 Å². The highest BCUT2D eigenvalue weighted by Crippen LogP contribution is 2.20. The van der Waals surface area contributed by atoms with E-state index in [9.17, 15) is 9.59 Å². The van der Waals surface area contributed by atoms with Crippen molar-refractivity contribution in [3.63, 3.8) is 0 Å². The molecule has 0 atom stereocenters. The Morgan fingerprint density at radius 3 is 2.62 bits per heavy atom. The third-order valence-electron chi connectivity index (χ3n) is 2.61. The zero-order chi connectivity index (χ0) is 16.0. The van der Waals surface area contributed by atoms with Crippen LogP contribution < -0.4 is 10.2 Å². The maximum atomic E-state index is 12.3. The second-order valence-corrected chi connectivity index (χ2v) is 5.64. The Bertz CT molecular complexity index is 519. The highest BCUT2D eigenvalue weighted by Gasteiger charge is 2.26. The number of nitrogens with one attached hydrogen (secondary N) is 1. The molecule has 7 heteroatoms. The highest BCUT2D eigenvalue weighted by molar-refractivity contribution is 6.30. The van der Waals surface area contributed by atoms with E-state index in [-0.39, 0.29) is 0 Å². The molecular formula is C14H19ClN2O4. The zero-order valence-electron chi connectivity index (χ0n) is 12.2. The van der Waals surface area contributed by atoms with Crippen molar-refractivity contribution in [2.75, 3.05) is 25.2 Å². The minimum atomic E-state index is -1.12. The summed E-state index contributed by atoms with van der Waals surface area (Å²) in [6, 6.07) is 5.93. The lowest BCUT2D eigenvalue weighted by Crippen LogP contribution is -2.53. The molecule has 0 saturated carbocycles. The smallest absolute Gasteiger partial charge is 0.323 e. The first-order valence-corrected chi connectivity index (χ1v) is 6.69. The Balaban J connectivity index is 2.97. The minimum absolute atomic E-state index is 0.301. The fourth-order valence-corrected chi connectivity index (χ4v) is 2.00. The number of aliphatic carboxylic acids is 1.